The first kappa shape index (κ1) is 24.2. The fraction of sp³-hybridized carbons (Fsp3) is 0.0690. The van der Waals surface area contributed by atoms with Crippen molar-refractivity contribution in [1.29, 1.82) is 0 Å². The Kier molecular flexibility index (Phi) is 6.29. The lowest BCUT2D eigenvalue weighted by Crippen LogP contribution is -2.42. The number of rotatable bonds is 3. The van der Waals surface area contributed by atoms with Crippen molar-refractivity contribution in [2.24, 2.45) is 0 Å². The topological polar surface area (TPSA) is 42.7 Å². The molecule has 2 heterocycles. The van der Waals surface area contributed by atoms with Crippen LogP contribution in [-0.4, -0.2) is 0 Å². The number of ether oxygens (including phenoxy) is 1. The normalized spacial score (nSPS) is 16.9. The molecule has 0 saturated carbocycles. The molecule has 0 bridgehead atoms. The average Bonchev–Trinajstić information content (AvgIpc) is 2.91. The number of halogens is 4. The Morgan fingerprint density at radius 1 is 0.676 bits per heavy atom. The number of para-hydroxylation sites is 2. The van der Waals surface area contributed by atoms with Gasteiger partial charge in [0, 0.05) is 11.3 Å². The van der Waals surface area contributed by atoms with Gasteiger partial charge in [-0.25, -0.2) is 4.79 Å². The molecule has 0 N–H and O–H groups in total. The van der Waals surface area contributed by atoms with Crippen LogP contribution < -0.4 is 15.3 Å². The van der Waals surface area contributed by atoms with E-state index in [2.05, 4.69) is 0 Å². The van der Waals surface area contributed by atoms with E-state index in [0.29, 0.717) is 42.4 Å². The molecule has 1 aliphatic heterocycles. The smallest absolute Gasteiger partial charge is 0.345 e. The SMILES string of the molecule is O=c1oc2ccccc2c2c1C(c1ccc(Cl)c(Cl)c1)N(c1ccccc1)C(c1ccc(Cl)c(Cl)c1)O2. The Hall–Kier alpha value is -3.15. The quantitative estimate of drug-likeness (QED) is 0.203. The summed E-state index contributed by atoms with van der Waals surface area (Å²) in [5, 5.41) is 2.29. The largest absolute Gasteiger partial charge is 0.465 e. The van der Waals surface area contributed by atoms with E-state index in [1.54, 1.807) is 30.3 Å². The van der Waals surface area contributed by atoms with Gasteiger partial charge in [0.1, 0.15) is 16.9 Å². The van der Waals surface area contributed by atoms with Gasteiger partial charge in [-0.15, -0.1) is 0 Å². The highest BCUT2D eigenvalue weighted by Crippen LogP contribution is 2.49. The number of fused-ring (bicyclic) bond motifs is 3. The lowest BCUT2D eigenvalue weighted by molar-refractivity contribution is 0.169. The van der Waals surface area contributed by atoms with Crippen LogP contribution in [0.2, 0.25) is 20.1 Å². The molecule has 5 aromatic rings. The molecule has 4 aromatic carbocycles. The van der Waals surface area contributed by atoms with Crippen LogP contribution in [0.1, 0.15) is 29.0 Å². The summed E-state index contributed by atoms with van der Waals surface area (Å²) in [7, 11) is 0. The molecule has 0 radical (unpaired) electrons. The van der Waals surface area contributed by atoms with E-state index in [4.69, 9.17) is 55.6 Å². The number of nitrogens with zero attached hydrogens (tertiary/aromatic N) is 1. The Morgan fingerprint density at radius 2 is 1.30 bits per heavy atom. The van der Waals surface area contributed by atoms with Crippen LogP contribution in [0.15, 0.2) is 100 Å². The molecule has 37 heavy (non-hydrogen) atoms. The van der Waals surface area contributed by atoms with Gasteiger partial charge in [-0.05, 0) is 54.1 Å². The maximum absolute atomic E-state index is 13.6. The van der Waals surface area contributed by atoms with E-state index >= 15 is 0 Å². The number of anilines is 1. The fourth-order valence-corrected chi connectivity index (χ4v) is 5.34. The van der Waals surface area contributed by atoms with Gasteiger partial charge in [-0.1, -0.05) is 88.9 Å². The minimum Gasteiger partial charge on any atom is -0.465 e. The van der Waals surface area contributed by atoms with Crippen LogP contribution >= 0.6 is 46.4 Å². The summed E-state index contributed by atoms with van der Waals surface area (Å²) in [6.07, 6.45) is -0.672. The predicted octanol–water partition coefficient (Wildman–Crippen LogP) is 9.09. The van der Waals surface area contributed by atoms with E-state index in [9.17, 15) is 4.79 Å². The van der Waals surface area contributed by atoms with E-state index in [1.165, 1.54) is 0 Å². The monoisotopic (exact) mass is 567 g/mol. The first-order valence-corrected chi connectivity index (χ1v) is 12.9. The molecule has 0 fully saturated rings. The van der Waals surface area contributed by atoms with E-state index in [0.717, 1.165) is 16.8 Å². The van der Waals surface area contributed by atoms with Crippen molar-refractivity contribution in [3.05, 3.63) is 138 Å². The Balaban J connectivity index is 1.70. The third kappa shape index (κ3) is 4.24. The molecular weight excluding hydrogens is 552 g/mol. The highest BCUT2D eigenvalue weighted by atomic mass is 35.5. The highest BCUT2D eigenvalue weighted by Gasteiger charge is 2.41. The van der Waals surface area contributed by atoms with Crippen molar-refractivity contribution >= 4 is 63.1 Å². The highest BCUT2D eigenvalue weighted by molar-refractivity contribution is 6.42. The third-order valence-corrected chi connectivity index (χ3v) is 7.85. The molecule has 184 valence electrons. The number of hydrogen-bond donors (Lipinski definition) is 0. The lowest BCUT2D eigenvalue weighted by atomic mass is 9.92. The lowest BCUT2D eigenvalue weighted by Gasteiger charge is -2.44. The molecule has 0 aliphatic carbocycles. The molecule has 8 heteroatoms. The molecular formula is C29H17Cl4NO3. The third-order valence-electron chi connectivity index (χ3n) is 6.38. The van der Waals surface area contributed by atoms with Gasteiger partial charge in [-0.3, -0.25) is 0 Å². The van der Waals surface area contributed by atoms with Crippen LogP contribution in [0.3, 0.4) is 0 Å². The molecule has 1 aromatic heterocycles. The van der Waals surface area contributed by atoms with Crippen LogP contribution in [-0.2, 0) is 0 Å². The summed E-state index contributed by atoms with van der Waals surface area (Å²) in [4.78, 5) is 15.6. The van der Waals surface area contributed by atoms with Gasteiger partial charge < -0.3 is 14.1 Å². The van der Waals surface area contributed by atoms with Crippen molar-refractivity contribution in [3.8, 4) is 5.75 Å². The minimum absolute atomic E-state index is 0.359. The molecule has 1 aliphatic rings. The molecule has 0 spiro atoms. The van der Waals surface area contributed by atoms with Gasteiger partial charge in [0.2, 0.25) is 0 Å². The first-order valence-electron chi connectivity index (χ1n) is 11.4. The van der Waals surface area contributed by atoms with Crippen LogP contribution in [0.4, 0.5) is 5.69 Å². The molecule has 0 saturated heterocycles. The van der Waals surface area contributed by atoms with Crippen molar-refractivity contribution < 1.29 is 9.15 Å². The summed E-state index contributed by atoms with van der Waals surface area (Å²) < 4.78 is 12.5. The minimum atomic E-state index is -0.672. The van der Waals surface area contributed by atoms with Gasteiger partial charge in [-0.2, -0.15) is 0 Å². The number of hydrogen-bond acceptors (Lipinski definition) is 4. The van der Waals surface area contributed by atoms with Crippen molar-refractivity contribution in [3.63, 3.8) is 0 Å². The van der Waals surface area contributed by atoms with Gasteiger partial charge in [0.25, 0.3) is 0 Å². The second kappa shape index (κ2) is 9.62. The first-order chi connectivity index (χ1) is 17.9. The zero-order chi connectivity index (χ0) is 25.7. The molecule has 0 amide bonds. The molecule has 4 nitrogen and oxygen atoms in total. The van der Waals surface area contributed by atoms with Gasteiger partial charge >= 0.3 is 5.63 Å². The van der Waals surface area contributed by atoms with Crippen LogP contribution in [0, 0.1) is 0 Å². The van der Waals surface area contributed by atoms with Gasteiger partial charge in [0.05, 0.1) is 31.5 Å². The number of benzene rings is 4. The van der Waals surface area contributed by atoms with Gasteiger partial charge in [0.15, 0.2) is 6.23 Å². The van der Waals surface area contributed by atoms with E-state index in [-0.39, 0.29) is 0 Å². The van der Waals surface area contributed by atoms with E-state index < -0.39 is 17.9 Å². The zero-order valence-corrected chi connectivity index (χ0v) is 22.0. The van der Waals surface area contributed by atoms with E-state index in [1.807, 2.05) is 65.6 Å². The molecule has 2 unspecified atom stereocenters. The zero-order valence-electron chi connectivity index (χ0n) is 19.0. The van der Waals surface area contributed by atoms with Crippen molar-refractivity contribution in [2.45, 2.75) is 12.3 Å². The summed E-state index contributed by atoms with van der Waals surface area (Å²) >= 11 is 25.4. The Labute approximate surface area is 232 Å². The standard InChI is InChI=1S/C29H17Cl4NO3/c30-20-12-10-16(14-22(20)32)26-25-27(19-8-4-5-9-24(19)36-29(25)35)37-28(17-11-13-21(31)23(33)15-17)34(26)18-6-2-1-3-7-18/h1-15,26,28H. The second-order valence-corrected chi connectivity index (χ2v) is 10.2. The molecule has 2 atom stereocenters. The van der Waals surface area contributed by atoms with Crippen LogP contribution in [0.25, 0.3) is 11.0 Å². The van der Waals surface area contributed by atoms with Crippen LogP contribution in [0.5, 0.6) is 5.75 Å². The maximum Gasteiger partial charge on any atom is 0.345 e. The second-order valence-electron chi connectivity index (χ2n) is 8.59. The summed E-state index contributed by atoms with van der Waals surface area (Å²) in [5.41, 5.74) is 2.60. The predicted molar refractivity (Wildman–Crippen MR) is 150 cm³/mol. The van der Waals surface area contributed by atoms with Crippen molar-refractivity contribution in [2.75, 3.05) is 4.90 Å². The average molecular weight is 569 g/mol. The fourth-order valence-electron chi connectivity index (χ4n) is 4.73. The summed E-state index contributed by atoms with van der Waals surface area (Å²) in [6, 6.07) is 27.0. The Morgan fingerprint density at radius 3 is 2.00 bits per heavy atom. The Bertz CT molecular complexity index is 1700. The van der Waals surface area contributed by atoms with Crippen molar-refractivity contribution in [1.82, 2.24) is 0 Å². The molecule has 6 rings (SSSR count). The summed E-state index contributed by atoms with van der Waals surface area (Å²) in [6.45, 7) is 0. The summed E-state index contributed by atoms with van der Waals surface area (Å²) in [5.74, 6) is 0.436. The maximum atomic E-state index is 13.6.